The number of rotatable bonds is 7. The second-order valence-corrected chi connectivity index (χ2v) is 5.97. The van der Waals surface area contributed by atoms with Crippen LogP contribution < -0.4 is 15.4 Å². The summed E-state index contributed by atoms with van der Waals surface area (Å²) in [6.45, 7) is 2.03. The number of carbonyl (C=O) groups is 2. The van der Waals surface area contributed by atoms with E-state index in [0.717, 1.165) is 12.8 Å². The van der Waals surface area contributed by atoms with Gasteiger partial charge in [-0.25, -0.2) is 0 Å². The zero-order chi connectivity index (χ0) is 18.2. The van der Waals surface area contributed by atoms with Crippen LogP contribution in [-0.4, -0.2) is 18.9 Å². The predicted molar refractivity (Wildman–Crippen MR) is 101 cm³/mol. The predicted octanol–water partition coefficient (Wildman–Crippen LogP) is 4.73. The maximum Gasteiger partial charge on any atom is 0.255 e. The highest BCUT2D eigenvalue weighted by molar-refractivity contribution is 6.31. The minimum absolute atomic E-state index is 0.0594. The fraction of sp³-hybridized carbons (Fsp3) is 0.263. The molecule has 6 heteroatoms. The van der Waals surface area contributed by atoms with Crippen molar-refractivity contribution in [2.75, 3.05) is 17.7 Å². The van der Waals surface area contributed by atoms with E-state index in [1.807, 2.05) is 6.92 Å². The Hall–Kier alpha value is -2.53. The first kappa shape index (κ1) is 18.8. The quantitative estimate of drug-likeness (QED) is 0.750. The summed E-state index contributed by atoms with van der Waals surface area (Å²) >= 11 is 5.90. The van der Waals surface area contributed by atoms with E-state index in [4.69, 9.17) is 16.3 Å². The summed E-state index contributed by atoms with van der Waals surface area (Å²) in [4.78, 5) is 24.1. The van der Waals surface area contributed by atoms with Gasteiger partial charge in [0.2, 0.25) is 5.91 Å². The molecular weight excluding hydrogens is 340 g/mol. The average molecular weight is 361 g/mol. The molecule has 0 saturated carbocycles. The lowest BCUT2D eigenvalue weighted by molar-refractivity contribution is -0.116. The third-order valence-corrected chi connectivity index (χ3v) is 3.81. The van der Waals surface area contributed by atoms with Crippen LogP contribution in [0.2, 0.25) is 5.02 Å². The fourth-order valence-corrected chi connectivity index (χ4v) is 2.45. The van der Waals surface area contributed by atoms with E-state index in [-0.39, 0.29) is 11.8 Å². The van der Waals surface area contributed by atoms with Crippen LogP contribution in [0.4, 0.5) is 11.4 Å². The van der Waals surface area contributed by atoms with Gasteiger partial charge in [-0.05, 0) is 36.8 Å². The highest BCUT2D eigenvalue weighted by atomic mass is 35.5. The Morgan fingerprint density at radius 1 is 1.12 bits per heavy atom. The van der Waals surface area contributed by atoms with E-state index in [2.05, 4.69) is 10.6 Å². The van der Waals surface area contributed by atoms with Crippen molar-refractivity contribution in [3.8, 4) is 5.75 Å². The van der Waals surface area contributed by atoms with Crippen molar-refractivity contribution in [3.05, 3.63) is 53.1 Å². The molecule has 2 N–H and O–H groups in total. The first-order valence-electron chi connectivity index (χ1n) is 8.08. The van der Waals surface area contributed by atoms with Crippen LogP contribution in [0.15, 0.2) is 42.5 Å². The molecule has 2 amide bonds. The fourth-order valence-electron chi connectivity index (χ4n) is 2.26. The monoisotopic (exact) mass is 360 g/mol. The molecule has 5 nitrogen and oxygen atoms in total. The molecule has 0 radical (unpaired) electrons. The summed E-state index contributed by atoms with van der Waals surface area (Å²) in [5, 5.41) is 6.10. The lowest BCUT2D eigenvalue weighted by atomic mass is 10.2. The molecule has 132 valence electrons. The lowest BCUT2D eigenvalue weighted by Crippen LogP contribution is -2.13. The van der Waals surface area contributed by atoms with E-state index in [1.165, 1.54) is 7.11 Å². The third kappa shape index (κ3) is 5.50. The van der Waals surface area contributed by atoms with Crippen LogP contribution in [-0.2, 0) is 4.79 Å². The molecule has 0 unspecified atom stereocenters. The molecule has 0 saturated heterocycles. The van der Waals surface area contributed by atoms with E-state index in [9.17, 15) is 9.59 Å². The normalized spacial score (nSPS) is 10.2. The van der Waals surface area contributed by atoms with Gasteiger partial charge in [-0.1, -0.05) is 31.0 Å². The second kappa shape index (κ2) is 9.08. The first-order chi connectivity index (χ1) is 12.0. The summed E-state index contributed by atoms with van der Waals surface area (Å²) in [6, 6.07) is 11.8. The molecule has 0 aromatic heterocycles. The minimum atomic E-state index is -0.274. The van der Waals surface area contributed by atoms with Crippen molar-refractivity contribution in [3.63, 3.8) is 0 Å². The van der Waals surface area contributed by atoms with Gasteiger partial charge in [-0.3, -0.25) is 9.59 Å². The van der Waals surface area contributed by atoms with Gasteiger partial charge in [0.25, 0.3) is 5.91 Å². The molecule has 25 heavy (non-hydrogen) atoms. The number of carbonyl (C=O) groups excluding carboxylic acids is 2. The summed E-state index contributed by atoms with van der Waals surface area (Å²) in [6.07, 6.45) is 2.26. The van der Waals surface area contributed by atoms with Crippen molar-refractivity contribution in [2.45, 2.75) is 26.2 Å². The number of unbranched alkanes of at least 4 members (excludes halogenated alkanes) is 1. The van der Waals surface area contributed by atoms with Crippen LogP contribution >= 0.6 is 11.6 Å². The standard InChI is InChI=1S/C19H21ClN2O3/c1-3-4-8-18(23)22-16-10-9-15(12-17(16)25-2)21-19(24)13-6-5-7-14(20)11-13/h5-7,9-12H,3-4,8H2,1-2H3,(H,21,24)(H,22,23). The van der Waals surface area contributed by atoms with Crippen LogP contribution in [0.25, 0.3) is 0 Å². The van der Waals surface area contributed by atoms with Gasteiger partial charge in [0, 0.05) is 28.8 Å². The van der Waals surface area contributed by atoms with Crippen molar-refractivity contribution >= 4 is 34.8 Å². The highest BCUT2D eigenvalue weighted by Gasteiger charge is 2.11. The topological polar surface area (TPSA) is 67.4 Å². The average Bonchev–Trinajstić information content (AvgIpc) is 2.61. The Kier molecular flexibility index (Phi) is 6.83. The van der Waals surface area contributed by atoms with Crippen molar-refractivity contribution in [1.82, 2.24) is 0 Å². The molecule has 0 aliphatic carbocycles. The van der Waals surface area contributed by atoms with Gasteiger partial charge in [-0.15, -0.1) is 0 Å². The summed E-state index contributed by atoms with van der Waals surface area (Å²) in [5.74, 6) is 0.147. The Labute approximate surface area is 152 Å². The molecule has 0 aliphatic rings. The van der Waals surface area contributed by atoms with Gasteiger partial charge in [0.15, 0.2) is 0 Å². The largest absolute Gasteiger partial charge is 0.494 e. The molecule has 0 atom stereocenters. The van der Waals surface area contributed by atoms with Crippen molar-refractivity contribution < 1.29 is 14.3 Å². The minimum Gasteiger partial charge on any atom is -0.494 e. The zero-order valence-electron chi connectivity index (χ0n) is 14.3. The Bertz CT molecular complexity index is 762. The Morgan fingerprint density at radius 2 is 1.92 bits per heavy atom. The van der Waals surface area contributed by atoms with Crippen LogP contribution in [0.1, 0.15) is 36.5 Å². The van der Waals surface area contributed by atoms with E-state index in [1.54, 1.807) is 42.5 Å². The maximum atomic E-state index is 12.3. The first-order valence-corrected chi connectivity index (χ1v) is 8.46. The van der Waals surface area contributed by atoms with Gasteiger partial charge >= 0.3 is 0 Å². The number of ether oxygens (including phenoxy) is 1. The lowest BCUT2D eigenvalue weighted by Gasteiger charge is -2.13. The third-order valence-electron chi connectivity index (χ3n) is 3.58. The molecular formula is C19H21ClN2O3. The summed E-state index contributed by atoms with van der Waals surface area (Å²) < 4.78 is 5.31. The Balaban J connectivity index is 2.10. The number of methoxy groups -OCH3 is 1. The molecule has 0 spiro atoms. The van der Waals surface area contributed by atoms with Crippen LogP contribution in [0.5, 0.6) is 5.75 Å². The van der Waals surface area contributed by atoms with E-state index in [0.29, 0.717) is 34.1 Å². The maximum absolute atomic E-state index is 12.3. The van der Waals surface area contributed by atoms with Crippen molar-refractivity contribution in [2.24, 2.45) is 0 Å². The number of amides is 2. The highest BCUT2D eigenvalue weighted by Crippen LogP contribution is 2.28. The number of anilines is 2. The molecule has 2 rings (SSSR count). The smallest absolute Gasteiger partial charge is 0.255 e. The zero-order valence-corrected chi connectivity index (χ0v) is 15.0. The van der Waals surface area contributed by atoms with Gasteiger partial charge in [0.05, 0.1) is 12.8 Å². The Morgan fingerprint density at radius 3 is 2.60 bits per heavy atom. The van der Waals surface area contributed by atoms with Gasteiger partial charge in [0.1, 0.15) is 5.75 Å². The van der Waals surface area contributed by atoms with E-state index >= 15 is 0 Å². The molecule has 0 bridgehead atoms. The van der Waals surface area contributed by atoms with E-state index < -0.39 is 0 Å². The number of benzene rings is 2. The second-order valence-electron chi connectivity index (χ2n) is 5.53. The molecule has 2 aromatic rings. The van der Waals surface area contributed by atoms with Crippen LogP contribution in [0, 0.1) is 0 Å². The molecule has 0 aliphatic heterocycles. The van der Waals surface area contributed by atoms with Crippen LogP contribution in [0.3, 0.4) is 0 Å². The molecule has 0 heterocycles. The number of hydrogen-bond acceptors (Lipinski definition) is 3. The number of hydrogen-bond donors (Lipinski definition) is 2. The SMILES string of the molecule is CCCCC(=O)Nc1ccc(NC(=O)c2cccc(Cl)c2)cc1OC. The summed E-state index contributed by atoms with van der Waals surface area (Å²) in [5.41, 5.74) is 1.60. The number of halogens is 1. The van der Waals surface area contributed by atoms with Gasteiger partial charge in [-0.2, -0.15) is 0 Å². The summed E-state index contributed by atoms with van der Waals surface area (Å²) in [7, 11) is 1.51. The van der Waals surface area contributed by atoms with Gasteiger partial charge < -0.3 is 15.4 Å². The molecule has 0 fully saturated rings. The molecule has 2 aromatic carbocycles. The van der Waals surface area contributed by atoms with Crippen molar-refractivity contribution in [1.29, 1.82) is 0 Å². The number of nitrogens with one attached hydrogen (secondary N) is 2.